The molecule has 0 fully saturated rings. The number of carbonyl (C=O) groups excluding carboxylic acids is 1. The maximum absolute atomic E-state index is 12.4. The lowest BCUT2D eigenvalue weighted by molar-refractivity contribution is 0.0973. The molecule has 1 N–H and O–H groups in total. The van der Waals surface area contributed by atoms with Gasteiger partial charge < -0.3 is 4.57 Å². The monoisotopic (exact) mass is 310 g/mol. The van der Waals surface area contributed by atoms with Gasteiger partial charge in [0.25, 0.3) is 15.9 Å². The second-order valence-corrected chi connectivity index (χ2v) is 6.60. The van der Waals surface area contributed by atoms with E-state index in [1.54, 1.807) is 44.6 Å². The number of nitrogens with one attached hydrogen (secondary N) is 1. The summed E-state index contributed by atoms with van der Waals surface area (Å²) in [6.45, 7) is 5.07. The van der Waals surface area contributed by atoms with Gasteiger partial charge in [0, 0.05) is 19.8 Å². The van der Waals surface area contributed by atoms with E-state index in [2.05, 4.69) is 9.82 Å². The molecular weight excluding hydrogens is 292 g/mol. The predicted octanol–water partition coefficient (Wildman–Crippen LogP) is 0.803. The van der Waals surface area contributed by atoms with Gasteiger partial charge in [-0.05, 0) is 32.9 Å². The van der Waals surface area contributed by atoms with Crippen molar-refractivity contribution in [2.45, 2.75) is 25.7 Å². The number of hydrogen-bond donors (Lipinski definition) is 1. The number of rotatable bonds is 3. The molecule has 0 aliphatic heterocycles. The average molecular weight is 310 g/mol. The smallest absolute Gasteiger partial charge is 0.281 e. The Hall–Kier alpha value is -2.09. The molecule has 0 radical (unpaired) electrons. The summed E-state index contributed by atoms with van der Waals surface area (Å²) < 4.78 is 30.0. The number of carbonyl (C=O) groups is 1. The third kappa shape index (κ3) is 2.58. The molecule has 21 heavy (non-hydrogen) atoms. The summed E-state index contributed by atoms with van der Waals surface area (Å²) in [4.78, 5) is 12.2. The molecule has 2 aromatic rings. The van der Waals surface area contributed by atoms with E-state index in [1.165, 1.54) is 4.68 Å². The van der Waals surface area contributed by atoms with Gasteiger partial charge in [-0.15, -0.1) is 0 Å². The van der Waals surface area contributed by atoms with Crippen molar-refractivity contribution in [3.63, 3.8) is 0 Å². The first kappa shape index (κ1) is 15.3. The maximum Gasteiger partial charge on any atom is 0.281 e. The largest absolute Gasteiger partial charge is 0.344 e. The quantitative estimate of drug-likeness (QED) is 0.908. The third-order valence-corrected chi connectivity index (χ3v) is 5.13. The Morgan fingerprint density at radius 1 is 1.19 bits per heavy atom. The first-order valence-corrected chi connectivity index (χ1v) is 7.83. The van der Waals surface area contributed by atoms with Gasteiger partial charge in [0.1, 0.15) is 10.6 Å². The number of amides is 1. The first-order chi connectivity index (χ1) is 9.65. The molecule has 2 aromatic heterocycles. The zero-order chi connectivity index (χ0) is 15.9. The number of aryl methyl sites for hydroxylation is 3. The minimum absolute atomic E-state index is 0.0456. The first-order valence-electron chi connectivity index (χ1n) is 6.35. The molecule has 7 nitrogen and oxygen atoms in total. The zero-order valence-electron chi connectivity index (χ0n) is 12.6. The fourth-order valence-electron chi connectivity index (χ4n) is 2.21. The standard InChI is InChI=1S/C13H18N4O3S/c1-8-6-7-11(16(8)4)13(18)15-21(19,20)12-9(2)14-17(5)10(12)3/h6-7H,1-5H3,(H,15,18). The van der Waals surface area contributed by atoms with Crippen molar-refractivity contribution in [1.29, 1.82) is 0 Å². The molecule has 0 spiro atoms. The molecule has 0 saturated heterocycles. The lowest BCUT2D eigenvalue weighted by Crippen LogP contribution is -2.32. The fraction of sp³-hybridized carbons (Fsp3) is 0.385. The van der Waals surface area contributed by atoms with Crippen LogP contribution >= 0.6 is 0 Å². The van der Waals surface area contributed by atoms with Crippen molar-refractivity contribution in [1.82, 2.24) is 19.1 Å². The highest BCUT2D eigenvalue weighted by Crippen LogP contribution is 2.18. The van der Waals surface area contributed by atoms with Crippen LogP contribution in [0.1, 0.15) is 27.6 Å². The van der Waals surface area contributed by atoms with Crippen LogP contribution < -0.4 is 4.72 Å². The van der Waals surface area contributed by atoms with Crippen LogP contribution in [0.4, 0.5) is 0 Å². The molecule has 0 aliphatic carbocycles. The minimum atomic E-state index is -3.95. The maximum atomic E-state index is 12.4. The Balaban J connectivity index is 2.38. The van der Waals surface area contributed by atoms with Crippen LogP contribution in [0.2, 0.25) is 0 Å². The normalized spacial score (nSPS) is 11.7. The SMILES string of the molecule is Cc1nn(C)c(C)c1S(=O)(=O)NC(=O)c1ccc(C)n1C. The summed E-state index contributed by atoms with van der Waals surface area (Å²) >= 11 is 0. The highest BCUT2D eigenvalue weighted by molar-refractivity contribution is 7.90. The van der Waals surface area contributed by atoms with E-state index in [4.69, 9.17) is 0 Å². The van der Waals surface area contributed by atoms with Crippen molar-refractivity contribution in [3.8, 4) is 0 Å². The molecule has 8 heteroatoms. The van der Waals surface area contributed by atoms with E-state index < -0.39 is 15.9 Å². The molecule has 0 bridgehead atoms. The van der Waals surface area contributed by atoms with Crippen molar-refractivity contribution in [2.24, 2.45) is 14.1 Å². The van der Waals surface area contributed by atoms with Gasteiger partial charge in [-0.1, -0.05) is 0 Å². The van der Waals surface area contributed by atoms with Crippen molar-refractivity contribution in [2.75, 3.05) is 0 Å². The summed E-state index contributed by atoms with van der Waals surface area (Å²) in [5, 5.41) is 4.06. The molecular formula is C13H18N4O3S. The van der Waals surface area contributed by atoms with Crippen LogP contribution in [0.15, 0.2) is 17.0 Å². The topological polar surface area (TPSA) is 86.0 Å². The summed E-state index contributed by atoms with van der Waals surface area (Å²) in [5.41, 5.74) is 2.00. The van der Waals surface area contributed by atoms with Crippen molar-refractivity contribution in [3.05, 3.63) is 34.9 Å². The third-order valence-electron chi connectivity index (χ3n) is 3.54. The number of aromatic nitrogens is 3. The second-order valence-electron chi connectivity index (χ2n) is 4.98. The molecule has 0 atom stereocenters. The lowest BCUT2D eigenvalue weighted by atomic mass is 10.4. The van der Waals surface area contributed by atoms with E-state index in [0.717, 1.165) is 5.69 Å². The second kappa shape index (κ2) is 5.03. The Labute approximate surface area is 123 Å². The molecule has 0 aliphatic rings. The lowest BCUT2D eigenvalue weighted by Gasteiger charge is -2.08. The van der Waals surface area contributed by atoms with Gasteiger partial charge in [-0.3, -0.25) is 9.48 Å². The number of hydrogen-bond acceptors (Lipinski definition) is 4. The molecule has 0 unspecified atom stereocenters. The molecule has 114 valence electrons. The number of sulfonamides is 1. The van der Waals surface area contributed by atoms with E-state index in [0.29, 0.717) is 11.4 Å². The van der Waals surface area contributed by atoms with Crippen LogP contribution in [0, 0.1) is 20.8 Å². The zero-order valence-corrected chi connectivity index (χ0v) is 13.4. The number of nitrogens with zero attached hydrogens (tertiary/aromatic N) is 3. The highest BCUT2D eigenvalue weighted by atomic mass is 32.2. The summed E-state index contributed by atoms with van der Waals surface area (Å²) in [5.74, 6) is -0.659. The Kier molecular flexibility index (Phi) is 3.66. The van der Waals surface area contributed by atoms with Crippen molar-refractivity contribution < 1.29 is 13.2 Å². The minimum Gasteiger partial charge on any atom is -0.344 e. The van der Waals surface area contributed by atoms with Crippen LogP contribution in [-0.4, -0.2) is 28.7 Å². The van der Waals surface area contributed by atoms with E-state index >= 15 is 0 Å². The van der Waals surface area contributed by atoms with Gasteiger partial charge in [-0.2, -0.15) is 5.10 Å². The summed E-state index contributed by atoms with van der Waals surface area (Å²) in [6, 6.07) is 3.34. The van der Waals surface area contributed by atoms with Crippen LogP contribution in [0.3, 0.4) is 0 Å². The predicted molar refractivity (Wildman–Crippen MR) is 77.5 cm³/mol. The van der Waals surface area contributed by atoms with Crippen molar-refractivity contribution >= 4 is 15.9 Å². The van der Waals surface area contributed by atoms with E-state index in [9.17, 15) is 13.2 Å². The molecule has 2 heterocycles. The molecule has 0 saturated carbocycles. The Bertz CT molecular complexity index is 815. The van der Waals surface area contributed by atoms with Gasteiger partial charge in [0.15, 0.2) is 0 Å². The van der Waals surface area contributed by atoms with Gasteiger partial charge in [-0.25, -0.2) is 13.1 Å². The van der Waals surface area contributed by atoms with Crippen LogP contribution in [-0.2, 0) is 24.1 Å². The summed E-state index contributed by atoms with van der Waals surface area (Å²) in [7, 11) is -0.590. The summed E-state index contributed by atoms with van der Waals surface area (Å²) in [6.07, 6.45) is 0. The van der Waals surface area contributed by atoms with E-state index in [-0.39, 0.29) is 10.6 Å². The van der Waals surface area contributed by atoms with Gasteiger partial charge in [0.05, 0.1) is 11.4 Å². The highest BCUT2D eigenvalue weighted by Gasteiger charge is 2.27. The Morgan fingerprint density at radius 3 is 2.24 bits per heavy atom. The van der Waals surface area contributed by atoms with Crippen LogP contribution in [0.5, 0.6) is 0 Å². The van der Waals surface area contributed by atoms with Crippen LogP contribution in [0.25, 0.3) is 0 Å². The average Bonchev–Trinajstić information content (AvgIpc) is 2.81. The van der Waals surface area contributed by atoms with Gasteiger partial charge in [0.2, 0.25) is 0 Å². The van der Waals surface area contributed by atoms with E-state index in [1.807, 2.05) is 6.92 Å². The fourth-order valence-corrected chi connectivity index (χ4v) is 3.61. The molecule has 1 amide bonds. The molecule has 0 aromatic carbocycles. The Morgan fingerprint density at radius 2 is 1.81 bits per heavy atom. The van der Waals surface area contributed by atoms with Gasteiger partial charge >= 0.3 is 0 Å². The molecule has 2 rings (SSSR count).